The van der Waals surface area contributed by atoms with Gasteiger partial charge in [0.05, 0.1) is 12.4 Å². The summed E-state index contributed by atoms with van der Waals surface area (Å²) >= 11 is 0. The number of rotatable bonds is 8. The first-order chi connectivity index (χ1) is 8.39. The molecule has 0 aliphatic carbocycles. The van der Waals surface area contributed by atoms with Crippen molar-refractivity contribution in [3.63, 3.8) is 0 Å². The van der Waals surface area contributed by atoms with Crippen LogP contribution in [0.15, 0.2) is 0 Å². The van der Waals surface area contributed by atoms with Gasteiger partial charge in [0.1, 0.15) is 9.84 Å². The Bertz CT molecular complexity index is 332. The van der Waals surface area contributed by atoms with E-state index in [-0.39, 0.29) is 11.2 Å². The molecule has 1 heterocycles. The highest BCUT2D eigenvalue weighted by atomic mass is 32.2. The van der Waals surface area contributed by atoms with E-state index in [0.29, 0.717) is 11.8 Å². The normalized spacial score (nSPS) is 24.9. The van der Waals surface area contributed by atoms with Crippen molar-refractivity contribution in [2.75, 3.05) is 31.3 Å². The molecule has 4 nitrogen and oxygen atoms in total. The van der Waals surface area contributed by atoms with Crippen molar-refractivity contribution in [2.45, 2.75) is 46.1 Å². The topological polar surface area (TPSA) is 55.4 Å². The smallest absolute Gasteiger partial charge is 0.150 e. The van der Waals surface area contributed by atoms with Gasteiger partial charge < -0.3 is 10.1 Å². The standard InChI is InChI=1S/C13H27NO3S/c1-4-18(15,16)9-5-6-13(7-8-17-11-13)10-14-12(2)3/h12,14H,4-11H2,1-3H3. The van der Waals surface area contributed by atoms with Crippen LogP contribution in [0, 0.1) is 5.41 Å². The predicted molar refractivity (Wildman–Crippen MR) is 74.6 cm³/mol. The number of ether oxygens (including phenoxy) is 1. The van der Waals surface area contributed by atoms with Gasteiger partial charge >= 0.3 is 0 Å². The highest BCUT2D eigenvalue weighted by molar-refractivity contribution is 7.91. The third kappa shape index (κ3) is 5.24. The zero-order valence-corrected chi connectivity index (χ0v) is 12.7. The Labute approximate surface area is 111 Å². The summed E-state index contributed by atoms with van der Waals surface area (Å²) < 4.78 is 28.5. The van der Waals surface area contributed by atoms with Gasteiger partial charge in [-0.25, -0.2) is 8.42 Å². The van der Waals surface area contributed by atoms with Gasteiger partial charge in [0.15, 0.2) is 0 Å². The third-order valence-corrected chi connectivity index (χ3v) is 5.46. The summed E-state index contributed by atoms with van der Waals surface area (Å²) in [5.74, 6) is 0.563. The van der Waals surface area contributed by atoms with E-state index in [4.69, 9.17) is 4.74 Å². The fourth-order valence-electron chi connectivity index (χ4n) is 2.31. The lowest BCUT2D eigenvalue weighted by molar-refractivity contribution is 0.142. The highest BCUT2D eigenvalue weighted by Crippen LogP contribution is 2.33. The quantitative estimate of drug-likeness (QED) is 0.732. The molecule has 1 saturated heterocycles. The molecule has 0 radical (unpaired) electrons. The average Bonchev–Trinajstić information content (AvgIpc) is 2.76. The van der Waals surface area contributed by atoms with Gasteiger partial charge in [-0.05, 0) is 19.3 Å². The average molecular weight is 277 g/mol. The Morgan fingerprint density at radius 2 is 2.11 bits per heavy atom. The molecule has 0 aromatic heterocycles. The van der Waals surface area contributed by atoms with Crippen LogP contribution in [0.5, 0.6) is 0 Å². The van der Waals surface area contributed by atoms with E-state index < -0.39 is 9.84 Å². The van der Waals surface area contributed by atoms with Crippen molar-refractivity contribution < 1.29 is 13.2 Å². The summed E-state index contributed by atoms with van der Waals surface area (Å²) in [5, 5.41) is 3.46. The van der Waals surface area contributed by atoms with Crippen LogP contribution in [0.4, 0.5) is 0 Å². The minimum absolute atomic E-state index is 0.146. The van der Waals surface area contributed by atoms with Crippen molar-refractivity contribution >= 4 is 9.84 Å². The number of sulfone groups is 1. The minimum Gasteiger partial charge on any atom is -0.381 e. The molecule has 108 valence electrons. The first-order valence-electron chi connectivity index (χ1n) is 6.91. The lowest BCUT2D eigenvalue weighted by atomic mass is 9.82. The molecule has 0 amide bonds. The second kappa shape index (κ2) is 6.87. The molecule has 0 bridgehead atoms. The number of hydrogen-bond donors (Lipinski definition) is 1. The number of hydrogen-bond acceptors (Lipinski definition) is 4. The summed E-state index contributed by atoms with van der Waals surface area (Å²) in [4.78, 5) is 0. The van der Waals surface area contributed by atoms with Crippen LogP contribution in [-0.4, -0.2) is 45.7 Å². The molecule has 1 N–H and O–H groups in total. The van der Waals surface area contributed by atoms with Crippen molar-refractivity contribution in [1.82, 2.24) is 5.32 Å². The summed E-state index contributed by atoms with van der Waals surface area (Å²) in [6, 6.07) is 0.460. The summed E-state index contributed by atoms with van der Waals surface area (Å²) in [5.41, 5.74) is 0.146. The number of nitrogens with one attached hydrogen (secondary N) is 1. The summed E-state index contributed by atoms with van der Waals surface area (Å²) in [6.07, 6.45) is 2.73. The second-order valence-electron chi connectivity index (χ2n) is 5.68. The van der Waals surface area contributed by atoms with Crippen LogP contribution in [-0.2, 0) is 14.6 Å². The van der Waals surface area contributed by atoms with Gasteiger partial charge in [0, 0.05) is 30.4 Å². The maximum absolute atomic E-state index is 11.5. The predicted octanol–water partition coefficient (Wildman–Crippen LogP) is 1.61. The lowest BCUT2D eigenvalue weighted by Crippen LogP contribution is -2.38. The molecule has 0 aromatic carbocycles. The van der Waals surface area contributed by atoms with Gasteiger partial charge in [0.25, 0.3) is 0 Å². The molecular formula is C13H27NO3S. The van der Waals surface area contributed by atoms with Crippen molar-refractivity contribution in [3.05, 3.63) is 0 Å². The molecule has 1 aliphatic heterocycles. The molecule has 0 aromatic rings. The molecule has 1 unspecified atom stereocenters. The van der Waals surface area contributed by atoms with Gasteiger partial charge in [0.2, 0.25) is 0 Å². The fourth-order valence-corrected chi connectivity index (χ4v) is 3.18. The van der Waals surface area contributed by atoms with E-state index in [9.17, 15) is 8.42 Å². The second-order valence-corrected chi connectivity index (χ2v) is 8.15. The van der Waals surface area contributed by atoms with Crippen LogP contribution in [0.3, 0.4) is 0 Å². The van der Waals surface area contributed by atoms with Crippen molar-refractivity contribution in [2.24, 2.45) is 5.41 Å². The Morgan fingerprint density at radius 3 is 2.61 bits per heavy atom. The van der Waals surface area contributed by atoms with E-state index in [1.54, 1.807) is 6.92 Å². The molecule has 1 rings (SSSR count). The minimum atomic E-state index is -2.83. The van der Waals surface area contributed by atoms with Crippen LogP contribution in [0.2, 0.25) is 0 Å². The molecular weight excluding hydrogens is 250 g/mol. The molecule has 1 atom stereocenters. The van der Waals surface area contributed by atoms with Crippen molar-refractivity contribution in [3.8, 4) is 0 Å². The molecule has 0 saturated carbocycles. The van der Waals surface area contributed by atoms with Crippen LogP contribution in [0.1, 0.15) is 40.0 Å². The van der Waals surface area contributed by atoms with E-state index >= 15 is 0 Å². The Hall–Kier alpha value is -0.130. The maximum Gasteiger partial charge on any atom is 0.150 e. The monoisotopic (exact) mass is 277 g/mol. The first kappa shape index (κ1) is 15.9. The van der Waals surface area contributed by atoms with Gasteiger partial charge in [-0.3, -0.25) is 0 Å². The SMILES string of the molecule is CCS(=O)(=O)CCCC1(CNC(C)C)CCOC1. The van der Waals surface area contributed by atoms with E-state index in [1.165, 1.54) is 0 Å². The van der Waals surface area contributed by atoms with Crippen LogP contribution < -0.4 is 5.32 Å². The van der Waals surface area contributed by atoms with E-state index in [0.717, 1.165) is 39.0 Å². The van der Waals surface area contributed by atoms with Crippen LogP contribution >= 0.6 is 0 Å². The third-order valence-electron chi connectivity index (χ3n) is 3.67. The molecule has 1 aliphatic rings. The first-order valence-corrected chi connectivity index (χ1v) is 8.73. The van der Waals surface area contributed by atoms with E-state index in [1.807, 2.05) is 0 Å². The lowest BCUT2D eigenvalue weighted by Gasteiger charge is -2.28. The molecule has 5 heteroatoms. The molecule has 18 heavy (non-hydrogen) atoms. The van der Waals surface area contributed by atoms with E-state index in [2.05, 4.69) is 19.2 Å². The fraction of sp³-hybridized carbons (Fsp3) is 1.00. The Kier molecular flexibility index (Phi) is 6.08. The molecule has 1 fully saturated rings. The van der Waals surface area contributed by atoms with Gasteiger partial charge in [-0.2, -0.15) is 0 Å². The van der Waals surface area contributed by atoms with Gasteiger partial charge in [-0.1, -0.05) is 20.8 Å². The van der Waals surface area contributed by atoms with Crippen LogP contribution in [0.25, 0.3) is 0 Å². The van der Waals surface area contributed by atoms with Gasteiger partial charge in [-0.15, -0.1) is 0 Å². The maximum atomic E-state index is 11.5. The zero-order valence-electron chi connectivity index (χ0n) is 11.9. The highest BCUT2D eigenvalue weighted by Gasteiger charge is 2.34. The Balaban J connectivity index is 2.43. The molecule has 0 spiro atoms. The van der Waals surface area contributed by atoms with Crippen molar-refractivity contribution in [1.29, 1.82) is 0 Å². The summed E-state index contributed by atoms with van der Waals surface area (Å²) in [7, 11) is -2.83. The zero-order chi connectivity index (χ0) is 13.6. The largest absolute Gasteiger partial charge is 0.381 e. The summed E-state index contributed by atoms with van der Waals surface area (Å²) in [6.45, 7) is 8.47. The Morgan fingerprint density at radius 1 is 1.39 bits per heavy atom.